The SMILES string of the molecule is CCC(Br)c1nnc(C2(C)CCCC2)s1. The van der Waals surface area contributed by atoms with Crippen LogP contribution in [0.2, 0.25) is 0 Å². The van der Waals surface area contributed by atoms with Crippen LogP contribution >= 0.6 is 27.3 Å². The summed E-state index contributed by atoms with van der Waals surface area (Å²) in [4.78, 5) is 0.383. The Morgan fingerprint density at radius 1 is 1.40 bits per heavy atom. The van der Waals surface area contributed by atoms with Crippen LogP contribution in [0, 0.1) is 0 Å². The van der Waals surface area contributed by atoms with Crippen molar-refractivity contribution in [1.29, 1.82) is 0 Å². The lowest BCUT2D eigenvalue weighted by Crippen LogP contribution is -2.16. The minimum Gasteiger partial charge on any atom is -0.143 e. The van der Waals surface area contributed by atoms with Crippen LogP contribution in [0.15, 0.2) is 0 Å². The van der Waals surface area contributed by atoms with E-state index >= 15 is 0 Å². The molecule has 0 spiro atoms. The zero-order chi connectivity index (χ0) is 10.9. The molecule has 1 aliphatic carbocycles. The van der Waals surface area contributed by atoms with Gasteiger partial charge in [0, 0.05) is 5.41 Å². The normalized spacial score (nSPS) is 21.8. The second kappa shape index (κ2) is 4.50. The van der Waals surface area contributed by atoms with Crippen molar-refractivity contribution < 1.29 is 0 Å². The van der Waals surface area contributed by atoms with Crippen molar-refractivity contribution in [3.63, 3.8) is 0 Å². The Kier molecular flexibility index (Phi) is 3.45. The lowest BCUT2D eigenvalue weighted by atomic mass is 9.90. The summed E-state index contributed by atoms with van der Waals surface area (Å²) < 4.78 is 0. The average molecular weight is 289 g/mol. The Morgan fingerprint density at radius 3 is 2.67 bits per heavy atom. The fourth-order valence-corrected chi connectivity index (χ4v) is 3.63. The summed E-state index contributed by atoms with van der Waals surface area (Å²) in [5, 5.41) is 11.1. The molecule has 1 atom stereocenters. The van der Waals surface area contributed by atoms with Crippen LogP contribution in [0.1, 0.15) is 60.8 Å². The Hall–Kier alpha value is 0.0400. The molecule has 84 valence electrons. The summed E-state index contributed by atoms with van der Waals surface area (Å²) >= 11 is 5.42. The van der Waals surface area contributed by atoms with Crippen molar-refractivity contribution in [2.75, 3.05) is 0 Å². The van der Waals surface area contributed by atoms with Crippen LogP contribution in [0.25, 0.3) is 0 Å². The molecule has 0 amide bonds. The number of alkyl halides is 1. The summed E-state index contributed by atoms with van der Waals surface area (Å²) in [5.41, 5.74) is 0.316. The molecule has 1 heterocycles. The third-order valence-electron chi connectivity index (χ3n) is 3.29. The van der Waals surface area contributed by atoms with E-state index in [0.717, 1.165) is 11.4 Å². The first kappa shape index (κ1) is 11.5. The van der Waals surface area contributed by atoms with E-state index in [-0.39, 0.29) is 0 Å². The largest absolute Gasteiger partial charge is 0.143 e. The Morgan fingerprint density at radius 2 is 2.07 bits per heavy atom. The maximum absolute atomic E-state index is 4.38. The van der Waals surface area contributed by atoms with Gasteiger partial charge in [-0.25, -0.2) is 0 Å². The molecule has 15 heavy (non-hydrogen) atoms. The van der Waals surface area contributed by atoms with Crippen molar-refractivity contribution in [1.82, 2.24) is 10.2 Å². The highest BCUT2D eigenvalue weighted by atomic mass is 79.9. The van der Waals surface area contributed by atoms with Crippen molar-refractivity contribution in [2.24, 2.45) is 0 Å². The molecule has 0 aliphatic heterocycles. The van der Waals surface area contributed by atoms with Crippen molar-refractivity contribution in [3.8, 4) is 0 Å². The van der Waals surface area contributed by atoms with Gasteiger partial charge in [-0.1, -0.05) is 54.0 Å². The van der Waals surface area contributed by atoms with E-state index in [4.69, 9.17) is 0 Å². The van der Waals surface area contributed by atoms with E-state index < -0.39 is 0 Å². The molecule has 0 aromatic carbocycles. The zero-order valence-electron chi connectivity index (χ0n) is 9.29. The van der Waals surface area contributed by atoms with Crippen molar-refractivity contribution in [3.05, 3.63) is 10.0 Å². The van der Waals surface area contributed by atoms with Gasteiger partial charge in [-0.3, -0.25) is 0 Å². The van der Waals surface area contributed by atoms with Gasteiger partial charge in [-0.15, -0.1) is 10.2 Å². The van der Waals surface area contributed by atoms with Gasteiger partial charge in [0.1, 0.15) is 10.0 Å². The van der Waals surface area contributed by atoms with E-state index in [2.05, 4.69) is 40.0 Å². The van der Waals surface area contributed by atoms with Crippen LogP contribution in [-0.4, -0.2) is 10.2 Å². The number of halogens is 1. The number of aromatic nitrogens is 2. The molecule has 1 aromatic heterocycles. The minimum atomic E-state index is 0.316. The fraction of sp³-hybridized carbons (Fsp3) is 0.818. The second-order valence-electron chi connectivity index (χ2n) is 4.59. The molecular weight excluding hydrogens is 272 g/mol. The van der Waals surface area contributed by atoms with Gasteiger partial charge in [0.25, 0.3) is 0 Å². The van der Waals surface area contributed by atoms with Gasteiger partial charge in [-0.05, 0) is 19.3 Å². The first-order chi connectivity index (χ1) is 7.15. The molecular formula is C11H17BrN2S. The molecule has 1 aromatic rings. The first-order valence-electron chi connectivity index (χ1n) is 5.63. The predicted octanol–water partition coefficient (Wildman–Crippen LogP) is 4.22. The lowest BCUT2D eigenvalue weighted by molar-refractivity contribution is 0.484. The standard InChI is InChI=1S/C11H17BrN2S/c1-3-8(12)9-13-14-10(15-9)11(2)6-4-5-7-11/h8H,3-7H2,1-2H3. The van der Waals surface area contributed by atoms with Gasteiger partial charge < -0.3 is 0 Å². The lowest BCUT2D eigenvalue weighted by Gasteiger charge is -2.18. The Balaban J connectivity index is 2.19. The molecule has 1 saturated carbocycles. The average Bonchev–Trinajstić information content (AvgIpc) is 2.85. The van der Waals surface area contributed by atoms with Crippen LogP contribution < -0.4 is 0 Å². The van der Waals surface area contributed by atoms with Crippen LogP contribution in [0.4, 0.5) is 0 Å². The third kappa shape index (κ3) is 2.26. The highest BCUT2D eigenvalue weighted by Crippen LogP contribution is 2.43. The summed E-state index contributed by atoms with van der Waals surface area (Å²) in [6, 6.07) is 0. The number of nitrogens with zero attached hydrogens (tertiary/aromatic N) is 2. The predicted molar refractivity (Wildman–Crippen MR) is 67.7 cm³/mol. The molecule has 2 nitrogen and oxygen atoms in total. The van der Waals surface area contributed by atoms with E-state index in [9.17, 15) is 0 Å². The molecule has 0 bridgehead atoms. The van der Waals surface area contributed by atoms with Crippen molar-refractivity contribution in [2.45, 2.75) is 56.2 Å². The molecule has 4 heteroatoms. The van der Waals surface area contributed by atoms with Gasteiger partial charge in [0.05, 0.1) is 4.83 Å². The van der Waals surface area contributed by atoms with E-state index in [1.54, 1.807) is 11.3 Å². The van der Waals surface area contributed by atoms with Gasteiger partial charge in [-0.2, -0.15) is 0 Å². The summed E-state index contributed by atoms with van der Waals surface area (Å²) in [6.07, 6.45) is 6.32. The molecule has 0 radical (unpaired) electrons. The van der Waals surface area contributed by atoms with E-state index in [0.29, 0.717) is 10.2 Å². The van der Waals surface area contributed by atoms with Crippen LogP contribution in [-0.2, 0) is 5.41 Å². The molecule has 0 saturated heterocycles. The smallest absolute Gasteiger partial charge is 0.131 e. The highest BCUT2D eigenvalue weighted by Gasteiger charge is 2.34. The quantitative estimate of drug-likeness (QED) is 0.779. The zero-order valence-corrected chi connectivity index (χ0v) is 11.7. The Bertz CT molecular complexity index is 331. The second-order valence-corrected chi connectivity index (χ2v) is 6.70. The number of hydrogen-bond donors (Lipinski definition) is 0. The van der Waals surface area contributed by atoms with E-state index in [1.165, 1.54) is 30.7 Å². The maximum Gasteiger partial charge on any atom is 0.131 e. The maximum atomic E-state index is 4.38. The van der Waals surface area contributed by atoms with Crippen LogP contribution in [0.3, 0.4) is 0 Å². The summed E-state index contributed by atoms with van der Waals surface area (Å²) in [5.74, 6) is 0. The summed E-state index contributed by atoms with van der Waals surface area (Å²) in [7, 11) is 0. The summed E-state index contributed by atoms with van der Waals surface area (Å²) in [6.45, 7) is 4.50. The van der Waals surface area contributed by atoms with Gasteiger partial charge >= 0.3 is 0 Å². The van der Waals surface area contributed by atoms with Gasteiger partial charge in [0.15, 0.2) is 0 Å². The monoisotopic (exact) mass is 288 g/mol. The fourth-order valence-electron chi connectivity index (χ4n) is 2.15. The number of rotatable bonds is 3. The number of hydrogen-bond acceptors (Lipinski definition) is 3. The third-order valence-corrected chi connectivity index (χ3v) is 6.02. The molecule has 1 aliphatic rings. The van der Waals surface area contributed by atoms with Crippen molar-refractivity contribution >= 4 is 27.3 Å². The van der Waals surface area contributed by atoms with Crippen LogP contribution in [0.5, 0.6) is 0 Å². The molecule has 1 unspecified atom stereocenters. The first-order valence-corrected chi connectivity index (χ1v) is 7.37. The topological polar surface area (TPSA) is 25.8 Å². The molecule has 1 fully saturated rings. The minimum absolute atomic E-state index is 0.316. The van der Waals surface area contributed by atoms with Gasteiger partial charge in [0.2, 0.25) is 0 Å². The van der Waals surface area contributed by atoms with E-state index in [1.807, 2.05) is 0 Å². The highest BCUT2D eigenvalue weighted by molar-refractivity contribution is 9.09. The Labute approximate surface area is 104 Å². The molecule has 0 N–H and O–H groups in total. The molecule has 2 rings (SSSR count).